The Kier molecular flexibility index (Phi) is 6.01. The highest BCUT2D eigenvalue weighted by atomic mass is 35.5. The summed E-state index contributed by atoms with van der Waals surface area (Å²) in [6.45, 7) is 3.63. The van der Waals surface area contributed by atoms with E-state index in [0.29, 0.717) is 23.8 Å². The minimum atomic E-state index is -0.00342. The molecular formula is C28H25ClN6O. The minimum Gasteiger partial charge on any atom is -0.341 e. The van der Waals surface area contributed by atoms with Crippen LogP contribution in [0.1, 0.15) is 16.2 Å². The summed E-state index contributed by atoms with van der Waals surface area (Å²) in [7, 11) is 0. The highest BCUT2D eigenvalue weighted by molar-refractivity contribution is 6.30. The molecule has 36 heavy (non-hydrogen) atoms. The largest absolute Gasteiger partial charge is 0.341 e. The summed E-state index contributed by atoms with van der Waals surface area (Å²) >= 11 is 6.17. The van der Waals surface area contributed by atoms with Gasteiger partial charge in [-0.25, -0.2) is 9.97 Å². The summed E-state index contributed by atoms with van der Waals surface area (Å²) in [6, 6.07) is 22.4. The molecule has 0 atom stereocenters. The van der Waals surface area contributed by atoms with E-state index in [4.69, 9.17) is 16.6 Å². The van der Waals surface area contributed by atoms with Crippen LogP contribution in [0.15, 0.2) is 85.5 Å². The van der Waals surface area contributed by atoms with E-state index in [1.807, 2.05) is 35.2 Å². The molecule has 1 fully saturated rings. The van der Waals surface area contributed by atoms with Crippen molar-refractivity contribution >= 4 is 23.2 Å². The third kappa shape index (κ3) is 4.39. The van der Waals surface area contributed by atoms with Gasteiger partial charge in [0, 0.05) is 49.5 Å². The van der Waals surface area contributed by atoms with Crippen molar-refractivity contribution in [2.24, 2.45) is 0 Å². The molecule has 0 radical (unpaired) electrons. The van der Waals surface area contributed by atoms with Gasteiger partial charge in [0.2, 0.25) is 0 Å². The number of hydrogen-bond acceptors (Lipinski definition) is 4. The van der Waals surface area contributed by atoms with Gasteiger partial charge in [0.05, 0.1) is 23.9 Å². The molecule has 0 bridgehead atoms. The summed E-state index contributed by atoms with van der Waals surface area (Å²) in [6.07, 6.45) is 5.29. The van der Waals surface area contributed by atoms with Crippen LogP contribution >= 0.6 is 11.6 Å². The van der Waals surface area contributed by atoms with Crippen molar-refractivity contribution < 1.29 is 4.79 Å². The average Bonchev–Trinajstić information content (AvgIpc) is 3.58. The van der Waals surface area contributed by atoms with Crippen molar-refractivity contribution in [3.05, 3.63) is 102 Å². The Balaban J connectivity index is 1.32. The molecule has 0 unspecified atom stereocenters. The fraction of sp³-hybridized carbons (Fsp3) is 0.179. The van der Waals surface area contributed by atoms with Crippen molar-refractivity contribution in [1.82, 2.24) is 29.2 Å². The Morgan fingerprint density at radius 3 is 2.36 bits per heavy atom. The molecule has 5 aromatic rings. The van der Waals surface area contributed by atoms with Crippen LogP contribution in [-0.4, -0.2) is 61.2 Å². The van der Waals surface area contributed by atoms with Gasteiger partial charge in [-0.3, -0.25) is 9.69 Å². The maximum Gasteiger partial charge on any atom is 0.272 e. The Hall–Kier alpha value is -3.94. The standard InChI is InChI=1S/C28H25ClN6O/c29-23-9-6-21(7-10-23)27-25(18-33-12-14-34(15-13-33)28(36)24-16-30-19-31-24)35-17-22(8-11-26(35)32-27)20-4-2-1-3-5-20/h1-11,16-17,19H,12-15,18H2,(H,30,31). The second kappa shape index (κ2) is 9.60. The number of nitrogens with one attached hydrogen (secondary N) is 1. The van der Waals surface area contributed by atoms with Crippen LogP contribution in [0.3, 0.4) is 0 Å². The van der Waals surface area contributed by atoms with Gasteiger partial charge in [-0.1, -0.05) is 54.1 Å². The number of rotatable bonds is 5. The number of piperazine rings is 1. The van der Waals surface area contributed by atoms with Crippen LogP contribution in [0.25, 0.3) is 28.0 Å². The van der Waals surface area contributed by atoms with Crippen LogP contribution in [-0.2, 0) is 6.54 Å². The first kappa shape index (κ1) is 22.5. The second-order valence-electron chi connectivity index (χ2n) is 8.96. The average molecular weight is 497 g/mol. The molecule has 6 rings (SSSR count). The van der Waals surface area contributed by atoms with Gasteiger partial charge in [0.25, 0.3) is 5.91 Å². The number of hydrogen-bond donors (Lipinski definition) is 1. The molecule has 3 aromatic heterocycles. The Bertz CT molecular complexity index is 1490. The van der Waals surface area contributed by atoms with Crippen LogP contribution in [0, 0.1) is 0 Å². The molecule has 8 heteroatoms. The van der Waals surface area contributed by atoms with Crippen LogP contribution in [0.2, 0.25) is 5.02 Å². The molecule has 0 saturated carbocycles. The van der Waals surface area contributed by atoms with Gasteiger partial charge in [-0.2, -0.15) is 0 Å². The van der Waals surface area contributed by atoms with Gasteiger partial charge in [-0.15, -0.1) is 0 Å². The number of pyridine rings is 1. The lowest BCUT2D eigenvalue weighted by Gasteiger charge is -2.34. The highest BCUT2D eigenvalue weighted by Crippen LogP contribution is 2.29. The first-order valence-corrected chi connectivity index (χ1v) is 12.4. The monoisotopic (exact) mass is 496 g/mol. The number of aromatic amines is 1. The van der Waals surface area contributed by atoms with E-state index >= 15 is 0 Å². The Morgan fingerprint density at radius 2 is 1.64 bits per heavy atom. The van der Waals surface area contributed by atoms with Gasteiger partial charge in [0.1, 0.15) is 11.3 Å². The lowest BCUT2D eigenvalue weighted by atomic mass is 10.1. The summed E-state index contributed by atoms with van der Waals surface area (Å²) in [5.41, 5.74) is 6.85. The zero-order valence-electron chi connectivity index (χ0n) is 19.6. The number of nitrogens with zero attached hydrogens (tertiary/aromatic N) is 5. The van der Waals surface area contributed by atoms with Crippen LogP contribution < -0.4 is 0 Å². The van der Waals surface area contributed by atoms with Crippen molar-refractivity contribution in [2.45, 2.75) is 6.54 Å². The number of carbonyl (C=O) groups excluding carboxylic acids is 1. The van der Waals surface area contributed by atoms with Crippen molar-refractivity contribution in [3.8, 4) is 22.4 Å². The highest BCUT2D eigenvalue weighted by Gasteiger charge is 2.25. The number of halogens is 1. The van der Waals surface area contributed by atoms with E-state index in [1.54, 1.807) is 6.20 Å². The molecule has 1 N–H and O–H groups in total. The molecule has 1 saturated heterocycles. The zero-order chi connectivity index (χ0) is 24.5. The number of H-pyrrole nitrogens is 1. The molecule has 1 aliphatic heterocycles. The SMILES string of the molecule is O=C(c1cnc[nH]1)N1CCN(Cc2c(-c3ccc(Cl)cc3)nc3ccc(-c4ccccc4)cn23)CC1. The lowest BCUT2D eigenvalue weighted by Crippen LogP contribution is -2.48. The minimum absolute atomic E-state index is 0.00342. The molecule has 0 aliphatic carbocycles. The molecule has 2 aromatic carbocycles. The number of aromatic nitrogens is 4. The van der Waals surface area contributed by atoms with Gasteiger partial charge in [0.15, 0.2) is 0 Å². The van der Waals surface area contributed by atoms with E-state index in [1.165, 1.54) is 6.33 Å². The quantitative estimate of drug-likeness (QED) is 0.371. The topological polar surface area (TPSA) is 69.5 Å². The summed E-state index contributed by atoms with van der Waals surface area (Å²) in [5, 5.41) is 0.702. The Labute approximate surface area is 214 Å². The molecule has 0 spiro atoms. The predicted molar refractivity (Wildman–Crippen MR) is 141 cm³/mol. The summed E-state index contributed by atoms with van der Waals surface area (Å²) < 4.78 is 2.20. The van der Waals surface area contributed by atoms with Gasteiger partial charge >= 0.3 is 0 Å². The predicted octanol–water partition coefficient (Wildman–Crippen LogP) is 5.00. The molecule has 180 valence electrons. The summed E-state index contributed by atoms with van der Waals surface area (Å²) in [5.74, 6) is -0.00342. The number of fused-ring (bicyclic) bond motifs is 1. The maximum absolute atomic E-state index is 12.7. The smallest absolute Gasteiger partial charge is 0.272 e. The maximum atomic E-state index is 12.7. The van der Waals surface area contributed by atoms with E-state index in [2.05, 4.69) is 61.9 Å². The van der Waals surface area contributed by atoms with E-state index in [-0.39, 0.29) is 5.91 Å². The van der Waals surface area contributed by atoms with E-state index < -0.39 is 0 Å². The van der Waals surface area contributed by atoms with Crippen molar-refractivity contribution in [2.75, 3.05) is 26.2 Å². The van der Waals surface area contributed by atoms with Gasteiger partial charge in [-0.05, 0) is 35.4 Å². The molecule has 4 heterocycles. The molecule has 7 nitrogen and oxygen atoms in total. The zero-order valence-corrected chi connectivity index (χ0v) is 20.4. The normalized spacial score (nSPS) is 14.4. The molecule has 1 aliphatic rings. The number of carbonyl (C=O) groups is 1. The number of amides is 1. The lowest BCUT2D eigenvalue weighted by molar-refractivity contribution is 0.0621. The molecule has 1 amide bonds. The number of imidazole rings is 2. The van der Waals surface area contributed by atoms with Crippen LogP contribution in [0.4, 0.5) is 0 Å². The van der Waals surface area contributed by atoms with Crippen molar-refractivity contribution in [3.63, 3.8) is 0 Å². The summed E-state index contributed by atoms with van der Waals surface area (Å²) in [4.78, 5) is 28.9. The second-order valence-corrected chi connectivity index (χ2v) is 9.40. The van der Waals surface area contributed by atoms with Crippen LogP contribution in [0.5, 0.6) is 0 Å². The molecular weight excluding hydrogens is 472 g/mol. The third-order valence-corrected chi connectivity index (χ3v) is 6.96. The van der Waals surface area contributed by atoms with Gasteiger partial charge < -0.3 is 14.3 Å². The third-order valence-electron chi connectivity index (χ3n) is 6.70. The number of benzene rings is 2. The fourth-order valence-electron chi connectivity index (χ4n) is 4.75. The van der Waals surface area contributed by atoms with Crippen molar-refractivity contribution in [1.29, 1.82) is 0 Å². The first-order valence-electron chi connectivity index (χ1n) is 12.0. The fourth-order valence-corrected chi connectivity index (χ4v) is 4.87. The van der Waals surface area contributed by atoms with E-state index in [9.17, 15) is 4.79 Å². The Morgan fingerprint density at radius 1 is 0.889 bits per heavy atom. The van der Waals surface area contributed by atoms with E-state index in [0.717, 1.165) is 53.4 Å². The first-order chi connectivity index (χ1) is 17.7.